The number of rotatable bonds is 6. The molecule has 0 fully saturated rings. The Morgan fingerprint density at radius 1 is 1.29 bits per heavy atom. The smallest absolute Gasteiger partial charge is 0.356 e. The van der Waals surface area contributed by atoms with E-state index in [9.17, 15) is 4.79 Å². The van der Waals surface area contributed by atoms with Crippen LogP contribution in [0.15, 0.2) is 18.3 Å². The van der Waals surface area contributed by atoms with Gasteiger partial charge in [-0.1, -0.05) is 26.8 Å². The van der Waals surface area contributed by atoms with Gasteiger partial charge in [0.1, 0.15) is 5.69 Å². The number of aromatic nitrogens is 1. The lowest BCUT2D eigenvalue weighted by Gasteiger charge is -2.36. The molecule has 1 aromatic rings. The third-order valence-electron chi connectivity index (χ3n) is 4.10. The van der Waals surface area contributed by atoms with Crippen molar-refractivity contribution in [3.63, 3.8) is 0 Å². The second-order valence-corrected chi connectivity index (χ2v) is 11.6. The summed E-state index contributed by atoms with van der Waals surface area (Å²) >= 11 is 0. The number of esters is 1. The van der Waals surface area contributed by atoms with E-state index in [2.05, 4.69) is 43.6 Å². The molecule has 4 nitrogen and oxygen atoms in total. The number of pyridine rings is 1. The zero-order valence-electron chi connectivity index (χ0n) is 14.0. The van der Waals surface area contributed by atoms with E-state index in [1.54, 1.807) is 12.3 Å². The highest BCUT2D eigenvalue weighted by atomic mass is 28.4. The molecule has 0 aliphatic rings. The highest BCUT2D eigenvalue weighted by Crippen LogP contribution is 2.36. The van der Waals surface area contributed by atoms with Crippen LogP contribution in [0.25, 0.3) is 0 Å². The van der Waals surface area contributed by atoms with Crippen molar-refractivity contribution < 1.29 is 14.0 Å². The normalized spacial score (nSPS) is 12.3. The van der Waals surface area contributed by atoms with Gasteiger partial charge >= 0.3 is 5.97 Å². The fraction of sp³-hybridized carbons (Fsp3) is 0.625. The van der Waals surface area contributed by atoms with Gasteiger partial charge in [-0.05, 0) is 42.6 Å². The van der Waals surface area contributed by atoms with E-state index in [-0.39, 0.29) is 5.04 Å². The Bertz CT molecular complexity index is 463. The predicted molar refractivity (Wildman–Crippen MR) is 87.0 cm³/mol. The summed E-state index contributed by atoms with van der Waals surface area (Å²) in [6, 6.07) is 3.63. The Labute approximate surface area is 129 Å². The maximum atomic E-state index is 11.3. The van der Waals surface area contributed by atoms with Crippen LogP contribution in [0.3, 0.4) is 0 Å². The minimum Gasteiger partial charge on any atom is -0.464 e. The van der Waals surface area contributed by atoms with Crippen molar-refractivity contribution in [1.29, 1.82) is 0 Å². The molecule has 1 rings (SSSR count). The molecule has 0 unspecified atom stereocenters. The standard InChI is InChI=1S/C16H27NO3Si/c1-16(2,3)21(5,6)20-11-7-8-13-9-10-14(17-12-13)15(18)19-4/h9-10,12H,7-8,11H2,1-6H3. The van der Waals surface area contributed by atoms with Crippen molar-refractivity contribution in [2.75, 3.05) is 13.7 Å². The fourth-order valence-corrected chi connectivity index (χ4v) is 2.71. The van der Waals surface area contributed by atoms with Crippen LogP contribution in [0.1, 0.15) is 43.2 Å². The molecular formula is C16H27NO3Si. The molecule has 0 saturated carbocycles. The summed E-state index contributed by atoms with van der Waals surface area (Å²) in [6.07, 6.45) is 3.60. The minimum absolute atomic E-state index is 0.247. The number of hydrogen-bond donors (Lipinski definition) is 0. The van der Waals surface area contributed by atoms with E-state index in [1.165, 1.54) is 7.11 Å². The average Bonchev–Trinajstić information content (AvgIpc) is 2.42. The molecule has 1 aromatic heterocycles. The molecule has 21 heavy (non-hydrogen) atoms. The first-order chi connectivity index (χ1) is 9.67. The lowest BCUT2D eigenvalue weighted by molar-refractivity contribution is 0.0594. The van der Waals surface area contributed by atoms with Gasteiger partial charge in [0.2, 0.25) is 0 Å². The van der Waals surface area contributed by atoms with Gasteiger partial charge in [-0.3, -0.25) is 0 Å². The summed E-state index contributed by atoms with van der Waals surface area (Å²) in [5, 5.41) is 0.247. The average molecular weight is 309 g/mol. The van der Waals surface area contributed by atoms with E-state index in [4.69, 9.17) is 4.43 Å². The van der Waals surface area contributed by atoms with Gasteiger partial charge in [-0.2, -0.15) is 0 Å². The first-order valence-corrected chi connectivity index (χ1v) is 10.3. The van der Waals surface area contributed by atoms with Gasteiger partial charge in [0.05, 0.1) is 7.11 Å². The predicted octanol–water partition coefficient (Wildman–Crippen LogP) is 3.82. The monoisotopic (exact) mass is 309 g/mol. The van der Waals surface area contributed by atoms with Crippen LogP contribution in [0, 0.1) is 0 Å². The number of carbonyl (C=O) groups is 1. The van der Waals surface area contributed by atoms with E-state index < -0.39 is 14.3 Å². The van der Waals surface area contributed by atoms with E-state index in [0.717, 1.165) is 25.0 Å². The van der Waals surface area contributed by atoms with Crippen LogP contribution < -0.4 is 0 Å². The molecule has 0 radical (unpaired) electrons. The van der Waals surface area contributed by atoms with Crippen molar-refractivity contribution in [2.45, 2.75) is 51.7 Å². The second-order valence-electron chi connectivity index (χ2n) is 6.76. The number of nitrogens with zero attached hydrogens (tertiary/aromatic N) is 1. The fourth-order valence-electron chi connectivity index (χ4n) is 1.62. The van der Waals surface area contributed by atoms with Crippen LogP contribution >= 0.6 is 0 Å². The summed E-state index contributed by atoms with van der Waals surface area (Å²) in [7, 11) is -0.291. The highest BCUT2D eigenvalue weighted by Gasteiger charge is 2.36. The number of aryl methyl sites for hydroxylation is 1. The lowest BCUT2D eigenvalue weighted by Crippen LogP contribution is -2.41. The Morgan fingerprint density at radius 2 is 1.95 bits per heavy atom. The second kappa shape index (κ2) is 7.18. The Hall–Kier alpha value is -1.20. The van der Waals surface area contributed by atoms with Crippen molar-refractivity contribution in [1.82, 2.24) is 4.98 Å². The molecule has 0 spiro atoms. The molecule has 1 heterocycles. The zero-order valence-corrected chi connectivity index (χ0v) is 15.0. The van der Waals surface area contributed by atoms with Crippen LogP contribution in [0.4, 0.5) is 0 Å². The molecule has 0 bridgehead atoms. The summed E-state index contributed by atoms with van der Waals surface area (Å²) in [5.41, 5.74) is 1.46. The van der Waals surface area contributed by atoms with Gasteiger partial charge in [-0.25, -0.2) is 9.78 Å². The molecular weight excluding hydrogens is 282 g/mol. The van der Waals surface area contributed by atoms with Crippen molar-refractivity contribution in [3.05, 3.63) is 29.6 Å². The maximum absolute atomic E-state index is 11.3. The SMILES string of the molecule is COC(=O)c1ccc(CCCO[Si](C)(C)C(C)(C)C)cn1. The molecule has 0 aliphatic heterocycles. The molecule has 0 atom stereocenters. The van der Waals surface area contributed by atoms with Crippen LogP contribution in [0.5, 0.6) is 0 Å². The molecule has 0 amide bonds. The zero-order chi connectivity index (χ0) is 16.1. The van der Waals surface area contributed by atoms with Crippen LogP contribution in [-0.4, -0.2) is 33.0 Å². The Morgan fingerprint density at radius 3 is 2.43 bits per heavy atom. The Balaban J connectivity index is 2.42. The number of hydrogen-bond acceptors (Lipinski definition) is 4. The number of ether oxygens (including phenoxy) is 1. The lowest BCUT2D eigenvalue weighted by atomic mass is 10.1. The van der Waals surface area contributed by atoms with Gasteiger partial charge in [-0.15, -0.1) is 0 Å². The van der Waals surface area contributed by atoms with Gasteiger partial charge in [0, 0.05) is 12.8 Å². The summed E-state index contributed by atoms with van der Waals surface area (Å²) < 4.78 is 10.8. The quantitative estimate of drug-likeness (QED) is 0.455. The van der Waals surface area contributed by atoms with E-state index in [1.807, 2.05) is 6.07 Å². The van der Waals surface area contributed by atoms with Crippen LogP contribution in [-0.2, 0) is 15.6 Å². The van der Waals surface area contributed by atoms with Gasteiger partial charge in [0.25, 0.3) is 0 Å². The summed E-state index contributed by atoms with van der Waals surface area (Å²) in [5.74, 6) is -0.400. The third kappa shape index (κ3) is 5.25. The third-order valence-corrected chi connectivity index (χ3v) is 8.64. The highest BCUT2D eigenvalue weighted by molar-refractivity contribution is 6.74. The number of carbonyl (C=O) groups excluding carboxylic acids is 1. The molecule has 0 aromatic carbocycles. The maximum Gasteiger partial charge on any atom is 0.356 e. The van der Waals surface area contributed by atoms with Gasteiger partial charge in [0.15, 0.2) is 8.32 Å². The molecule has 5 heteroatoms. The summed E-state index contributed by atoms with van der Waals surface area (Å²) in [4.78, 5) is 15.4. The molecule has 0 N–H and O–H groups in total. The molecule has 0 saturated heterocycles. The van der Waals surface area contributed by atoms with E-state index >= 15 is 0 Å². The van der Waals surface area contributed by atoms with Crippen molar-refractivity contribution in [2.24, 2.45) is 0 Å². The number of methoxy groups -OCH3 is 1. The first-order valence-electron chi connectivity index (χ1n) is 7.34. The van der Waals surface area contributed by atoms with Gasteiger partial charge < -0.3 is 9.16 Å². The molecule has 0 aliphatic carbocycles. The minimum atomic E-state index is -1.65. The first kappa shape index (κ1) is 17.8. The van der Waals surface area contributed by atoms with Crippen LogP contribution in [0.2, 0.25) is 18.1 Å². The molecule has 118 valence electrons. The topological polar surface area (TPSA) is 48.4 Å². The Kier molecular flexibility index (Phi) is 6.10. The largest absolute Gasteiger partial charge is 0.464 e. The van der Waals surface area contributed by atoms with Crippen molar-refractivity contribution in [3.8, 4) is 0 Å². The van der Waals surface area contributed by atoms with E-state index in [0.29, 0.717) is 5.69 Å². The van der Waals surface area contributed by atoms with Crippen molar-refractivity contribution >= 4 is 14.3 Å². The summed E-state index contributed by atoms with van der Waals surface area (Å²) in [6.45, 7) is 12.0.